The first-order valence-electron chi connectivity index (χ1n) is 12.5. The SMILES string of the molecule is Cc1cccc(C(C(=O)Nc2c(C)cccc2C)N(C(=O)C(CS)NC(=O)OC(C)(C)C)C(C)C)c1C. The molecule has 202 valence electrons. The molecule has 7 nitrogen and oxygen atoms in total. The van der Waals surface area contributed by atoms with Gasteiger partial charge in [0.15, 0.2) is 0 Å². The largest absolute Gasteiger partial charge is 0.444 e. The molecule has 0 aromatic heterocycles. The van der Waals surface area contributed by atoms with E-state index in [2.05, 4.69) is 23.3 Å². The summed E-state index contributed by atoms with van der Waals surface area (Å²) in [4.78, 5) is 42.0. The van der Waals surface area contributed by atoms with Crippen molar-refractivity contribution in [3.63, 3.8) is 0 Å². The first-order valence-corrected chi connectivity index (χ1v) is 13.2. The number of ether oxygens (including phenoxy) is 1. The van der Waals surface area contributed by atoms with Crippen LogP contribution < -0.4 is 10.6 Å². The lowest BCUT2D eigenvalue weighted by atomic mass is 9.94. The molecule has 37 heavy (non-hydrogen) atoms. The standard InChI is InChI=1S/C29H41N3O4S/c1-17(2)32(27(34)23(16-37)30-28(35)36-29(7,8)9)25(22-15-11-12-18(3)21(22)6)26(33)31-24-19(4)13-10-14-20(24)5/h10-15,17,23,25,37H,16H2,1-9H3,(H,30,35)(H,31,33). The number of aryl methyl sites for hydroxylation is 3. The summed E-state index contributed by atoms with van der Waals surface area (Å²) in [5.41, 5.74) is 4.50. The Morgan fingerprint density at radius 1 is 0.946 bits per heavy atom. The Morgan fingerprint density at radius 3 is 2.00 bits per heavy atom. The summed E-state index contributed by atoms with van der Waals surface area (Å²) >= 11 is 4.34. The molecule has 2 aromatic carbocycles. The molecular formula is C29H41N3O4S. The summed E-state index contributed by atoms with van der Waals surface area (Å²) in [6.45, 7) is 16.7. The number of thiol groups is 1. The van der Waals surface area contributed by atoms with Crippen molar-refractivity contribution in [3.8, 4) is 0 Å². The summed E-state index contributed by atoms with van der Waals surface area (Å²) < 4.78 is 5.36. The average Bonchev–Trinajstić information content (AvgIpc) is 2.78. The summed E-state index contributed by atoms with van der Waals surface area (Å²) in [6, 6.07) is 9.25. The summed E-state index contributed by atoms with van der Waals surface area (Å²) in [5.74, 6) is -0.707. The second-order valence-electron chi connectivity index (χ2n) is 10.7. The third kappa shape index (κ3) is 7.74. The molecule has 0 heterocycles. The first kappa shape index (κ1) is 30.2. The molecule has 0 saturated heterocycles. The quantitative estimate of drug-likeness (QED) is 0.387. The van der Waals surface area contributed by atoms with Crippen LogP contribution in [-0.2, 0) is 14.3 Å². The van der Waals surface area contributed by atoms with Gasteiger partial charge >= 0.3 is 6.09 Å². The van der Waals surface area contributed by atoms with Crippen LogP contribution in [0.25, 0.3) is 0 Å². The zero-order chi connectivity index (χ0) is 28.1. The van der Waals surface area contributed by atoms with E-state index in [1.54, 1.807) is 20.8 Å². The molecule has 0 bridgehead atoms. The lowest BCUT2D eigenvalue weighted by Crippen LogP contribution is -2.55. The molecule has 0 saturated carbocycles. The number of alkyl carbamates (subject to hydrolysis) is 1. The van der Waals surface area contributed by atoms with Gasteiger partial charge in [0, 0.05) is 17.5 Å². The van der Waals surface area contributed by atoms with E-state index in [4.69, 9.17) is 4.74 Å². The molecule has 2 atom stereocenters. The van der Waals surface area contributed by atoms with Gasteiger partial charge in [0.1, 0.15) is 17.7 Å². The fraction of sp³-hybridized carbons (Fsp3) is 0.483. The van der Waals surface area contributed by atoms with Gasteiger partial charge in [0.2, 0.25) is 5.91 Å². The minimum absolute atomic E-state index is 0.0410. The second-order valence-corrected chi connectivity index (χ2v) is 11.0. The molecule has 0 fully saturated rings. The number of rotatable bonds is 8. The number of hydrogen-bond donors (Lipinski definition) is 3. The van der Waals surface area contributed by atoms with Crippen LogP contribution in [0.2, 0.25) is 0 Å². The number of carbonyl (C=O) groups is 3. The van der Waals surface area contributed by atoms with Crippen molar-refractivity contribution >= 4 is 36.2 Å². The van der Waals surface area contributed by atoms with Crippen molar-refractivity contribution in [2.24, 2.45) is 0 Å². The Hall–Kier alpha value is -3.00. The maximum absolute atomic E-state index is 14.0. The van der Waals surface area contributed by atoms with E-state index in [0.717, 1.165) is 33.5 Å². The van der Waals surface area contributed by atoms with Gasteiger partial charge in [-0.25, -0.2) is 4.79 Å². The summed E-state index contributed by atoms with van der Waals surface area (Å²) in [5, 5.41) is 5.72. The topological polar surface area (TPSA) is 87.7 Å². The molecule has 8 heteroatoms. The Balaban J connectivity index is 2.57. The molecule has 2 aromatic rings. The van der Waals surface area contributed by atoms with Crippen LogP contribution in [0.15, 0.2) is 36.4 Å². The minimum atomic E-state index is -0.985. The van der Waals surface area contributed by atoms with Gasteiger partial charge in [-0.2, -0.15) is 12.6 Å². The van der Waals surface area contributed by atoms with Crippen molar-refractivity contribution in [2.75, 3.05) is 11.1 Å². The Bertz CT molecular complexity index is 1120. The Morgan fingerprint density at radius 2 is 1.49 bits per heavy atom. The molecule has 2 unspecified atom stereocenters. The van der Waals surface area contributed by atoms with Gasteiger partial charge in [0.05, 0.1) is 0 Å². The van der Waals surface area contributed by atoms with E-state index < -0.39 is 29.7 Å². The Labute approximate surface area is 226 Å². The maximum Gasteiger partial charge on any atom is 0.408 e. The van der Waals surface area contributed by atoms with Crippen molar-refractivity contribution in [1.29, 1.82) is 0 Å². The van der Waals surface area contributed by atoms with E-state index >= 15 is 0 Å². The first-order chi connectivity index (χ1) is 17.2. The molecule has 0 spiro atoms. The number of nitrogens with one attached hydrogen (secondary N) is 2. The van der Waals surface area contributed by atoms with E-state index in [0.29, 0.717) is 0 Å². The number of carbonyl (C=O) groups excluding carboxylic acids is 3. The molecule has 2 N–H and O–H groups in total. The molecule has 0 aliphatic carbocycles. The molecule has 0 aliphatic rings. The fourth-order valence-electron chi connectivity index (χ4n) is 4.19. The highest BCUT2D eigenvalue weighted by Gasteiger charge is 2.38. The number of amides is 3. The van der Waals surface area contributed by atoms with Crippen molar-refractivity contribution in [2.45, 2.75) is 86.0 Å². The van der Waals surface area contributed by atoms with Crippen molar-refractivity contribution in [1.82, 2.24) is 10.2 Å². The molecule has 3 amide bonds. The van der Waals surface area contributed by atoms with E-state index in [1.165, 1.54) is 4.90 Å². The zero-order valence-electron chi connectivity index (χ0n) is 23.4. The van der Waals surface area contributed by atoms with Crippen LogP contribution in [0.4, 0.5) is 10.5 Å². The van der Waals surface area contributed by atoms with Gasteiger partial charge in [-0.15, -0.1) is 0 Å². The number of nitrogens with zero attached hydrogens (tertiary/aromatic N) is 1. The predicted octanol–water partition coefficient (Wildman–Crippen LogP) is 5.66. The van der Waals surface area contributed by atoms with Crippen molar-refractivity contribution < 1.29 is 19.1 Å². The van der Waals surface area contributed by atoms with Crippen LogP contribution >= 0.6 is 12.6 Å². The number of benzene rings is 2. The third-order valence-corrected chi connectivity index (χ3v) is 6.54. The zero-order valence-corrected chi connectivity index (χ0v) is 24.3. The minimum Gasteiger partial charge on any atom is -0.444 e. The number of hydrogen-bond acceptors (Lipinski definition) is 5. The van der Waals surface area contributed by atoms with Gasteiger partial charge in [-0.1, -0.05) is 36.4 Å². The lowest BCUT2D eigenvalue weighted by Gasteiger charge is -2.37. The van der Waals surface area contributed by atoms with Gasteiger partial charge in [-0.3, -0.25) is 9.59 Å². The van der Waals surface area contributed by atoms with Gasteiger partial charge in [-0.05, 0) is 90.1 Å². The fourth-order valence-corrected chi connectivity index (χ4v) is 4.43. The molecular weight excluding hydrogens is 486 g/mol. The highest BCUT2D eigenvalue weighted by Crippen LogP contribution is 2.31. The van der Waals surface area contributed by atoms with E-state index in [9.17, 15) is 14.4 Å². The number of anilines is 1. The highest BCUT2D eigenvalue weighted by molar-refractivity contribution is 7.80. The van der Waals surface area contributed by atoms with Crippen LogP contribution in [0.5, 0.6) is 0 Å². The third-order valence-electron chi connectivity index (χ3n) is 6.18. The predicted molar refractivity (Wildman–Crippen MR) is 152 cm³/mol. The van der Waals surface area contributed by atoms with E-state index in [1.807, 2.05) is 77.9 Å². The number of para-hydroxylation sites is 1. The normalized spacial score (nSPS) is 13.1. The van der Waals surface area contributed by atoms with Crippen LogP contribution in [0.1, 0.15) is 68.5 Å². The van der Waals surface area contributed by atoms with Crippen LogP contribution in [0, 0.1) is 27.7 Å². The molecule has 0 aliphatic heterocycles. The van der Waals surface area contributed by atoms with Crippen LogP contribution in [-0.4, -0.2) is 46.2 Å². The average molecular weight is 528 g/mol. The van der Waals surface area contributed by atoms with E-state index in [-0.39, 0.29) is 17.7 Å². The van der Waals surface area contributed by atoms with Crippen LogP contribution in [0.3, 0.4) is 0 Å². The monoisotopic (exact) mass is 527 g/mol. The Kier molecular flexibility index (Phi) is 10.2. The maximum atomic E-state index is 14.0. The lowest BCUT2D eigenvalue weighted by molar-refractivity contribution is -0.142. The molecule has 2 rings (SSSR count). The highest BCUT2D eigenvalue weighted by atomic mass is 32.1. The second kappa shape index (κ2) is 12.5. The smallest absolute Gasteiger partial charge is 0.408 e. The summed E-state index contributed by atoms with van der Waals surface area (Å²) in [7, 11) is 0. The summed E-state index contributed by atoms with van der Waals surface area (Å²) in [6.07, 6.45) is -0.716. The van der Waals surface area contributed by atoms with Gasteiger partial charge in [0.25, 0.3) is 5.91 Å². The van der Waals surface area contributed by atoms with Gasteiger partial charge < -0.3 is 20.3 Å². The molecule has 0 radical (unpaired) electrons. The van der Waals surface area contributed by atoms with Crippen molar-refractivity contribution in [3.05, 3.63) is 64.2 Å².